The number of nitrogens with one attached hydrogen (secondary N) is 1. The molecule has 0 saturated carbocycles. The van der Waals surface area contributed by atoms with Gasteiger partial charge in [-0.25, -0.2) is 23.5 Å². The molecule has 2 heterocycles. The SMILES string of the molecule is CCOC(=O)c1cnc(N2CCC(O)CC2)nc1CNc1cc(F)cc(F)c1. The highest BCUT2D eigenvalue weighted by Crippen LogP contribution is 2.20. The Hall–Kier alpha value is -2.81. The summed E-state index contributed by atoms with van der Waals surface area (Å²) in [5, 5.41) is 12.5. The molecule has 1 aliphatic rings. The van der Waals surface area contributed by atoms with Gasteiger partial charge in [0.2, 0.25) is 5.95 Å². The lowest BCUT2D eigenvalue weighted by Gasteiger charge is -2.29. The van der Waals surface area contributed by atoms with Gasteiger partial charge in [0, 0.05) is 31.0 Å². The summed E-state index contributed by atoms with van der Waals surface area (Å²) >= 11 is 0. The van der Waals surface area contributed by atoms with Gasteiger partial charge in [-0.3, -0.25) is 0 Å². The first-order valence-electron chi connectivity index (χ1n) is 9.12. The van der Waals surface area contributed by atoms with E-state index in [1.807, 2.05) is 4.90 Å². The maximum absolute atomic E-state index is 13.4. The van der Waals surface area contributed by atoms with E-state index in [2.05, 4.69) is 15.3 Å². The van der Waals surface area contributed by atoms with Crippen LogP contribution in [0, 0.1) is 11.6 Å². The van der Waals surface area contributed by atoms with Crippen LogP contribution < -0.4 is 10.2 Å². The number of halogens is 2. The number of esters is 1. The van der Waals surface area contributed by atoms with Crippen LogP contribution in [0.1, 0.15) is 35.8 Å². The Morgan fingerprint density at radius 2 is 1.96 bits per heavy atom. The summed E-state index contributed by atoms with van der Waals surface area (Å²) in [6.07, 6.45) is 2.28. The quantitative estimate of drug-likeness (QED) is 0.731. The fourth-order valence-electron chi connectivity index (χ4n) is 2.98. The third kappa shape index (κ3) is 4.92. The van der Waals surface area contributed by atoms with E-state index in [-0.39, 0.29) is 30.5 Å². The van der Waals surface area contributed by atoms with Gasteiger partial charge in [0.15, 0.2) is 0 Å². The van der Waals surface area contributed by atoms with Crippen LogP contribution in [-0.4, -0.2) is 46.8 Å². The Bertz CT molecular complexity index is 822. The van der Waals surface area contributed by atoms with Crippen molar-refractivity contribution in [3.05, 3.63) is 47.3 Å². The van der Waals surface area contributed by atoms with E-state index in [0.29, 0.717) is 37.6 Å². The van der Waals surface area contributed by atoms with Crippen molar-refractivity contribution in [1.82, 2.24) is 9.97 Å². The zero-order valence-corrected chi connectivity index (χ0v) is 15.5. The molecule has 2 N–H and O–H groups in total. The molecule has 1 aromatic heterocycles. The first kappa shape index (κ1) is 19.9. The number of aliphatic hydroxyl groups is 1. The second-order valence-electron chi connectivity index (χ2n) is 6.48. The standard InChI is InChI=1S/C19H22F2N4O3/c1-2-28-18(27)16-10-23-19(25-5-3-15(26)4-6-25)24-17(16)11-22-14-8-12(20)7-13(21)9-14/h7-10,15,22,26H,2-6,11H2,1H3. The maximum Gasteiger partial charge on any atom is 0.341 e. The summed E-state index contributed by atoms with van der Waals surface area (Å²) in [6.45, 7) is 3.15. The normalized spacial score (nSPS) is 14.8. The molecule has 28 heavy (non-hydrogen) atoms. The average Bonchev–Trinajstić information content (AvgIpc) is 2.66. The van der Waals surface area contributed by atoms with Gasteiger partial charge in [0.1, 0.15) is 17.2 Å². The number of benzene rings is 1. The number of piperidine rings is 1. The summed E-state index contributed by atoms with van der Waals surface area (Å²) < 4.78 is 31.8. The number of hydrogen-bond acceptors (Lipinski definition) is 7. The lowest BCUT2D eigenvalue weighted by molar-refractivity contribution is 0.0524. The molecule has 2 aromatic rings. The molecule has 0 atom stereocenters. The molecule has 1 fully saturated rings. The van der Waals surface area contributed by atoms with E-state index < -0.39 is 17.6 Å². The Balaban J connectivity index is 1.84. The van der Waals surface area contributed by atoms with Crippen molar-refractivity contribution < 1.29 is 23.4 Å². The number of aromatic nitrogens is 2. The highest BCUT2D eigenvalue weighted by Gasteiger charge is 2.22. The first-order valence-corrected chi connectivity index (χ1v) is 9.12. The summed E-state index contributed by atoms with van der Waals surface area (Å²) in [7, 11) is 0. The van der Waals surface area contributed by atoms with E-state index in [0.717, 1.165) is 18.2 Å². The highest BCUT2D eigenvalue weighted by molar-refractivity contribution is 5.90. The van der Waals surface area contributed by atoms with Gasteiger partial charge < -0.3 is 20.1 Å². The van der Waals surface area contributed by atoms with Crippen LogP contribution in [0.3, 0.4) is 0 Å². The van der Waals surface area contributed by atoms with Crippen molar-refractivity contribution in [2.45, 2.75) is 32.4 Å². The molecular weight excluding hydrogens is 370 g/mol. The van der Waals surface area contributed by atoms with E-state index in [4.69, 9.17) is 4.74 Å². The molecule has 0 aliphatic carbocycles. The smallest absolute Gasteiger partial charge is 0.341 e. The molecule has 0 amide bonds. The molecule has 0 unspecified atom stereocenters. The maximum atomic E-state index is 13.4. The van der Waals surface area contributed by atoms with Crippen LogP contribution in [0.2, 0.25) is 0 Å². The summed E-state index contributed by atoms with van der Waals surface area (Å²) in [4.78, 5) is 22.9. The van der Waals surface area contributed by atoms with Gasteiger partial charge in [-0.05, 0) is 31.9 Å². The molecule has 9 heteroatoms. The number of carbonyl (C=O) groups is 1. The Labute approximate surface area is 161 Å². The monoisotopic (exact) mass is 392 g/mol. The molecular formula is C19H22F2N4O3. The summed E-state index contributed by atoms with van der Waals surface area (Å²) in [6, 6.07) is 3.09. The van der Waals surface area contributed by atoms with Gasteiger partial charge in [-0.1, -0.05) is 0 Å². The molecule has 1 aliphatic heterocycles. The second-order valence-corrected chi connectivity index (χ2v) is 6.48. The minimum absolute atomic E-state index is 0.0586. The predicted molar refractivity (Wildman–Crippen MR) is 99.1 cm³/mol. The van der Waals surface area contributed by atoms with Gasteiger partial charge in [-0.2, -0.15) is 0 Å². The average molecular weight is 392 g/mol. The molecule has 0 spiro atoms. The van der Waals surface area contributed by atoms with Crippen molar-refractivity contribution in [2.75, 3.05) is 29.9 Å². The minimum Gasteiger partial charge on any atom is -0.462 e. The van der Waals surface area contributed by atoms with E-state index in [1.54, 1.807) is 6.92 Å². The van der Waals surface area contributed by atoms with Gasteiger partial charge in [-0.15, -0.1) is 0 Å². The zero-order valence-electron chi connectivity index (χ0n) is 15.5. The van der Waals surface area contributed by atoms with Gasteiger partial charge in [0.05, 0.1) is 24.9 Å². The Morgan fingerprint density at radius 1 is 1.29 bits per heavy atom. The third-order valence-electron chi connectivity index (χ3n) is 4.42. The molecule has 150 valence electrons. The fourth-order valence-corrected chi connectivity index (χ4v) is 2.98. The number of hydrogen-bond donors (Lipinski definition) is 2. The van der Waals surface area contributed by atoms with Crippen LogP contribution in [0.25, 0.3) is 0 Å². The zero-order chi connectivity index (χ0) is 20.1. The van der Waals surface area contributed by atoms with Crippen LogP contribution in [0.15, 0.2) is 24.4 Å². The summed E-state index contributed by atoms with van der Waals surface area (Å²) in [5.74, 6) is -1.54. The third-order valence-corrected chi connectivity index (χ3v) is 4.42. The van der Waals surface area contributed by atoms with Gasteiger partial charge >= 0.3 is 5.97 Å². The van der Waals surface area contributed by atoms with Crippen molar-refractivity contribution >= 4 is 17.6 Å². The molecule has 0 radical (unpaired) electrons. The van der Waals surface area contributed by atoms with Crippen LogP contribution in [-0.2, 0) is 11.3 Å². The lowest BCUT2D eigenvalue weighted by atomic mass is 10.1. The van der Waals surface area contributed by atoms with Crippen LogP contribution >= 0.6 is 0 Å². The summed E-state index contributed by atoms with van der Waals surface area (Å²) in [5.41, 5.74) is 0.778. The first-order chi connectivity index (χ1) is 13.5. The molecule has 1 saturated heterocycles. The van der Waals surface area contributed by atoms with Crippen molar-refractivity contribution in [3.63, 3.8) is 0 Å². The van der Waals surface area contributed by atoms with Crippen molar-refractivity contribution in [1.29, 1.82) is 0 Å². The lowest BCUT2D eigenvalue weighted by Crippen LogP contribution is -2.37. The van der Waals surface area contributed by atoms with E-state index in [1.165, 1.54) is 6.20 Å². The van der Waals surface area contributed by atoms with E-state index >= 15 is 0 Å². The van der Waals surface area contributed by atoms with Crippen molar-refractivity contribution in [3.8, 4) is 0 Å². The fraction of sp³-hybridized carbons (Fsp3) is 0.421. The molecule has 0 bridgehead atoms. The molecule has 3 rings (SSSR count). The minimum atomic E-state index is -0.705. The number of carbonyl (C=O) groups excluding carboxylic acids is 1. The molecule has 7 nitrogen and oxygen atoms in total. The van der Waals surface area contributed by atoms with Gasteiger partial charge in [0.25, 0.3) is 0 Å². The van der Waals surface area contributed by atoms with Crippen LogP contribution in [0.5, 0.6) is 0 Å². The number of ether oxygens (including phenoxy) is 1. The molecule has 1 aromatic carbocycles. The Morgan fingerprint density at radius 3 is 2.61 bits per heavy atom. The topological polar surface area (TPSA) is 87.6 Å². The van der Waals surface area contributed by atoms with Crippen LogP contribution in [0.4, 0.5) is 20.4 Å². The second kappa shape index (κ2) is 8.92. The highest BCUT2D eigenvalue weighted by atomic mass is 19.1. The van der Waals surface area contributed by atoms with E-state index in [9.17, 15) is 18.7 Å². The Kier molecular flexibility index (Phi) is 6.35. The number of aliphatic hydroxyl groups excluding tert-OH is 1. The number of nitrogens with zero attached hydrogens (tertiary/aromatic N) is 3. The number of anilines is 2. The predicted octanol–water partition coefficient (Wildman–Crippen LogP) is 2.50. The number of rotatable bonds is 6. The van der Waals surface area contributed by atoms with Crippen molar-refractivity contribution in [2.24, 2.45) is 0 Å². The largest absolute Gasteiger partial charge is 0.462 e.